The number of rotatable bonds is 8. The second-order valence-electron chi connectivity index (χ2n) is 13.4. The standard InChI is InChI=1S/C40H42N4O2/c1-39(2,3)29-11-7-27(8-12-29)37(41)43-31-15-19-33(20-16-31)45-35-23-25-36(26-24-35)46-34-21-17-32(18-22-34)44-38(42)28-9-13-30(14-10-28)40(4,5)6/h7-26H,1-6H3,(H2,41,43)(H2,42,44). The maximum absolute atomic E-state index is 8.45. The first-order chi connectivity index (χ1) is 21.8. The summed E-state index contributed by atoms with van der Waals surface area (Å²) in [6.07, 6.45) is 0. The minimum absolute atomic E-state index is 0.0787. The Balaban J connectivity index is 1.11. The van der Waals surface area contributed by atoms with E-state index in [1.54, 1.807) is 0 Å². The molecule has 0 aliphatic heterocycles. The van der Waals surface area contributed by atoms with Crippen molar-refractivity contribution in [2.45, 2.75) is 52.4 Å². The summed E-state index contributed by atoms with van der Waals surface area (Å²) in [5.74, 6) is 3.45. The number of benzene rings is 5. The summed E-state index contributed by atoms with van der Waals surface area (Å²) in [6, 6.07) is 38.8. The Bertz CT molecular complexity index is 1640. The predicted octanol–water partition coefficient (Wildman–Crippen LogP) is 10.7. The van der Waals surface area contributed by atoms with Crippen molar-refractivity contribution >= 4 is 23.0 Å². The van der Waals surface area contributed by atoms with Crippen LogP contribution in [0.5, 0.6) is 23.0 Å². The van der Waals surface area contributed by atoms with Crippen LogP contribution in [0.25, 0.3) is 0 Å². The molecule has 0 spiro atoms. The zero-order valence-corrected chi connectivity index (χ0v) is 27.4. The molecule has 0 heterocycles. The number of ether oxygens (including phenoxy) is 2. The van der Waals surface area contributed by atoms with E-state index in [9.17, 15) is 0 Å². The predicted molar refractivity (Wildman–Crippen MR) is 191 cm³/mol. The molecule has 0 aliphatic rings. The first-order valence-electron chi connectivity index (χ1n) is 15.4. The maximum Gasteiger partial charge on any atom is 0.129 e. The molecule has 4 N–H and O–H groups in total. The van der Waals surface area contributed by atoms with Crippen LogP contribution in [0.15, 0.2) is 121 Å². The molecule has 0 fully saturated rings. The maximum atomic E-state index is 8.45. The monoisotopic (exact) mass is 610 g/mol. The highest BCUT2D eigenvalue weighted by Gasteiger charge is 2.15. The molecule has 5 aromatic carbocycles. The van der Waals surface area contributed by atoms with Gasteiger partial charge in [0, 0.05) is 22.5 Å². The first-order valence-corrected chi connectivity index (χ1v) is 15.4. The van der Waals surface area contributed by atoms with Crippen LogP contribution in [-0.4, -0.2) is 11.7 Å². The molecule has 234 valence electrons. The Morgan fingerprint density at radius 2 is 0.674 bits per heavy atom. The van der Waals surface area contributed by atoms with Gasteiger partial charge in [0.25, 0.3) is 0 Å². The summed E-state index contributed by atoms with van der Waals surface area (Å²) in [4.78, 5) is 0. The van der Waals surface area contributed by atoms with Crippen molar-refractivity contribution in [2.24, 2.45) is 0 Å². The average molecular weight is 611 g/mol. The van der Waals surface area contributed by atoms with Gasteiger partial charge in [0.1, 0.15) is 34.7 Å². The molecule has 0 aromatic heterocycles. The van der Waals surface area contributed by atoms with Crippen molar-refractivity contribution in [3.63, 3.8) is 0 Å². The van der Waals surface area contributed by atoms with Gasteiger partial charge in [-0.1, -0.05) is 90.1 Å². The third-order valence-electron chi connectivity index (χ3n) is 7.62. The van der Waals surface area contributed by atoms with E-state index >= 15 is 0 Å². The molecule has 5 aromatic rings. The van der Waals surface area contributed by atoms with Gasteiger partial charge < -0.3 is 20.1 Å². The van der Waals surface area contributed by atoms with Gasteiger partial charge in [-0.2, -0.15) is 0 Å². The molecule has 0 radical (unpaired) electrons. The Labute approximate surface area is 272 Å². The summed E-state index contributed by atoms with van der Waals surface area (Å²) in [5.41, 5.74) is 5.93. The Morgan fingerprint density at radius 3 is 0.935 bits per heavy atom. The normalized spacial score (nSPS) is 11.4. The number of amidine groups is 2. The average Bonchev–Trinajstić information content (AvgIpc) is 3.03. The molecule has 6 nitrogen and oxygen atoms in total. The SMILES string of the molecule is CC(C)(C)c1ccc(C(=N)Nc2ccc(Oc3ccc(Oc4ccc(NC(=N)c5ccc(C(C)(C)C)cc5)cc4)cc3)cc2)cc1. The van der Waals surface area contributed by atoms with Crippen molar-refractivity contribution in [1.82, 2.24) is 0 Å². The fraction of sp³-hybridized carbons (Fsp3) is 0.200. The van der Waals surface area contributed by atoms with E-state index in [2.05, 4.69) is 76.4 Å². The van der Waals surface area contributed by atoms with Gasteiger partial charge in [-0.25, -0.2) is 0 Å². The number of hydrogen-bond donors (Lipinski definition) is 4. The third-order valence-corrected chi connectivity index (χ3v) is 7.62. The van der Waals surface area contributed by atoms with E-state index < -0.39 is 0 Å². The van der Waals surface area contributed by atoms with Crippen LogP contribution in [0.2, 0.25) is 0 Å². The molecular weight excluding hydrogens is 568 g/mol. The van der Waals surface area contributed by atoms with E-state index in [1.807, 2.05) is 97.1 Å². The van der Waals surface area contributed by atoms with Crippen LogP contribution in [0.4, 0.5) is 11.4 Å². The van der Waals surface area contributed by atoms with Crippen molar-refractivity contribution in [2.75, 3.05) is 10.6 Å². The largest absolute Gasteiger partial charge is 0.457 e. The molecular formula is C40H42N4O2. The Hall–Kier alpha value is -5.36. The van der Waals surface area contributed by atoms with Gasteiger partial charge >= 0.3 is 0 Å². The fourth-order valence-electron chi connectivity index (χ4n) is 4.77. The molecule has 0 amide bonds. The molecule has 0 aliphatic carbocycles. The fourth-order valence-corrected chi connectivity index (χ4v) is 4.77. The lowest BCUT2D eigenvalue weighted by atomic mass is 9.86. The van der Waals surface area contributed by atoms with E-state index in [1.165, 1.54) is 11.1 Å². The van der Waals surface area contributed by atoms with Crippen LogP contribution in [-0.2, 0) is 10.8 Å². The Kier molecular flexibility index (Phi) is 9.28. The summed E-state index contributed by atoms with van der Waals surface area (Å²) in [5, 5.41) is 23.2. The molecule has 0 saturated carbocycles. The molecule has 46 heavy (non-hydrogen) atoms. The van der Waals surface area contributed by atoms with Gasteiger partial charge in [0.2, 0.25) is 0 Å². The minimum atomic E-state index is 0.0787. The molecule has 6 heteroatoms. The highest BCUT2D eigenvalue weighted by molar-refractivity contribution is 6.06. The van der Waals surface area contributed by atoms with Gasteiger partial charge in [-0.3, -0.25) is 10.8 Å². The lowest BCUT2D eigenvalue weighted by Gasteiger charge is -2.19. The van der Waals surface area contributed by atoms with Gasteiger partial charge in [0.15, 0.2) is 0 Å². The zero-order valence-electron chi connectivity index (χ0n) is 27.4. The molecule has 0 bridgehead atoms. The Morgan fingerprint density at radius 1 is 0.413 bits per heavy atom. The van der Waals surface area contributed by atoms with E-state index in [0.29, 0.717) is 34.7 Å². The van der Waals surface area contributed by atoms with Crippen molar-refractivity contribution in [3.8, 4) is 23.0 Å². The van der Waals surface area contributed by atoms with Crippen molar-refractivity contribution in [3.05, 3.63) is 144 Å². The lowest BCUT2D eigenvalue weighted by molar-refractivity contribution is 0.469. The molecule has 0 unspecified atom stereocenters. The molecule has 0 atom stereocenters. The molecule has 5 rings (SSSR count). The van der Waals surface area contributed by atoms with Gasteiger partial charge in [0.05, 0.1) is 0 Å². The van der Waals surface area contributed by atoms with Crippen LogP contribution >= 0.6 is 0 Å². The van der Waals surface area contributed by atoms with Crippen molar-refractivity contribution < 1.29 is 9.47 Å². The van der Waals surface area contributed by atoms with Gasteiger partial charge in [-0.05, 0) is 94.8 Å². The number of hydrogen-bond acceptors (Lipinski definition) is 4. The number of anilines is 2. The quantitative estimate of drug-likeness (QED) is 0.104. The summed E-state index contributed by atoms with van der Waals surface area (Å²) in [7, 11) is 0. The summed E-state index contributed by atoms with van der Waals surface area (Å²) < 4.78 is 12.0. The molecule has 0 saturated heterocycles. The first kappa shape index (κ1) is 32.0. The van der Waals surface area contributed by atoms with Crippen LogP contribution < -0.4 is 20.1 Å². The van der Waals surface area contributed by atoms with Crippen LogP contribution in [0.1, 0.15) is 63.8 Å². The lowest BCUT2D eigenvalue weighted by Crippen LogP contribution is -2.14. The van der Waals surface area contributed by atoms with Crippen molar-refractivity contribution in [1.29, 1.82) is 10.8 Å². The van der Waals surface area contributed by atoms with E-state index in [4.69, 9.17) is 20.3 Å². The smallest absolute Gasteiger partial charge is 0.129 e. The van der Waals surface area contributed by atoms with E-state index in [0.717, 1.165) is 22.5 Å². The van der Waals surface area contributed by atoms with E-state index in [-0.39, 0.29) is 10.8 Å². The minimum Gasteiger partial charge on any atom is -0.457 e. The van der Waals surface area contributed by atoms with Crippen LogP contribution in [0, 0.1) is 10.8 Å². The number of nitrogens with one attached hydrogen (secondary N) is 4. The second-order valence-corrected chi connectivity index (χ2v) is 13.4. The second kappa shape index (κ2) is 13.3. The van der Waals surface area contributed by atoms with Gasteiger partial charge in [-0.15, -0.1) is 0 Å². The summed E-state index contributed by atoms with van der Waals surface area (Å²) >= 11 is 0. The highest BCUT2D eigenvalue weighted by Crippen LogP contribution is 2.29. The highest BCUT2D eigenvalue weighted by atomic mass is 16.5. The topological polar surface area (TPSA) is 90.2 Å². The third kappa shape index (κ3) is 8.42. The summed E-state index contributed by atoms with van der Waals surface area (Å²) in [6.45, 7) is 13.1. The van der Waals surface area contributed by atoms with Crippen LogP contribution in [0.3, 0.4) is 0 Å². The zero-order chi connectivity index (χ0) is 32.9.